The maximum absolute atomic E-state index is 2.60. The van der Waals surface area contributed by atoms with E-state index in [2.05, 4.69) is 572 Å². The summed E-state index contributed by atoms with van der Waals surface area (Å²) < 4.78 is 0. The Bertz CT molecular complexity index is 7300. The van der Waals surface area contributed by atoms with Crippen molar-refractivity contribution in [3.8, 4) is 89.0 Å². The van der Waals surface area contributed by atoms with Gasteiger partial charge >= 0.3 is 0 Å². The van der Waals surface area contributed by atoms with Crippen molar-refractivity contribution >= 4 is 45.5 Å². The Labute approximate surface area is 846 Å². The molecule has 0 fully saturated rings. The molecule has 718 valence electrons. The van der Waals surface area contributed by atoms with Gasteiger partial charge < -0.3 is 19.6 Å². The number of hydrogen-bond acceptors (Lipinski definition) is 4. The lowest BCUT2D eigenvalue weighted by Gasteiger charge is -2.42. The number of rotatable bonds is 15. The molecule has 16 aromatic rings. The van der Waals surface area contributed by atoms with E-state index in [1.807, 2.05) is 0 Å². The summed E-state index contributed by atoms with van der Waals surface area (Å²) in [6, 6.07) is 130. The molecule has 141 heavy (non-hydrogen) atoms. The number of anilines is 8. The standard InChI is InChI=1S/2C35H39N.C34H37N.C33H35N/c1-33(2,3)32-30(22-21-29-31(32)27-19-12-13-20-28(27)35(29,7)8)36(34(4,5)6)26-18-14-17-25(23-26)24-15-10-9-11-16-24;1-8-24-19-20-26(25-15-11-10-12-16-25)23-32(24)36(34(3,4)5)31-22-21-30-33(27(31)9-2)28-17-13-14-18-29(28)35(30,6)7;1-23(2)31-30(21-20-29-32(31)27-18-11-12-19-28(27)34(29,6)7)35(33(3,4)5)26-17-13-16-25(22-26)24-14-9-8-10-15-24;1-22-17-18-25(24-13-9-8-10-14-24)21-30(22)34(32(3,4)5)29-20-19-28-31(23(29)2)26-15-11-12-16-27(26)33(28,6)7/h9-23H,1-8H3;10-23H,8-9H2,1-7H3;8-23H,1-7H3;8-21H,1-7H3. The molecule has 0 heterocycles. The molecule has 4 aliphatic rings. The van der Waals surface area contributed by atoms with Crippen molar-refractivity contribution in [2.75, 3.05) is 19.6 Å². The van der Waals surface area contributed by atoms with Crippen LogP contribution in [-0.2, 0) is 39.9 Å². The summed E-state index contributed by atoms with van der Waals surface area (Å²) in [7, 11) is 0. The summed E-state index contributed by atoms with van der Waals surface area (Å²) in [4.78, 5) is 10.2. The largest absolute Gasteiger partial charge is 0.336 e. The first kappa shape index (κ1) is 99.3. The van der Waals surface area contributed by atoms with Crippen LogP contribution in [0.4, 0.5) is 45.5 Å². The molecule has 0 bridgehead atoms. The zero-order valence-corrected chi connectivity index (χ0v) is 89.8. The van der Waals surface area contributed by atoms with Crippen LogP contribution in [0.15, 0.2) is 352 Å². The average Bonchev–Trinajstić information content (AvgIpc) is 1.65. The third-order valence-electron chi connectivity index (χ3n) is 30.4. The third kappa shape index (κ3) is 18.5. The van der Waals surface area contributed by atoms with Gasteiger partial charge in [-0.2, -0.15) is 0 Å². The highest BCUT2D eigenvalue weighted by atomic mass is 15.2. The van der Waals surface area contributed by atoms with E-state index in [9.17, 15) is 0 Å². The first-order valence-corrected chi connectivity index (χ1v) is 51.7. The fourth-order valence-corrected chi connectivity index (χ4v) is 23.9. The van der Waals surface area contributed by atoms with E-state index < -0.39 is 0 Å². The van der Waals surface area contributed by atoms with Crippen LogP contribution in [0.5, 0.6) is 0 Å². The van der Waals surface area contributed by atoms with E-state index in [-0.39, 0.29) is 49.2 Å². The molecule has 4 aliphatic carbocycles. The molecule has 20 rings (SSSR count). The Hall–Kier alpha value is -13.3. The van der Waals surface area contributed by atoms with Gasteiger partial charge in [-0.25, -0.2) is 0 Å². The van der Waals surface area contributed by atoms with Gasteiger partial charge in [0.25, 0.3) is 0 Å². The topological polar surface area (TPSA) is 13.0 Å². The summed E-state index contributed by atoms with van der Waals surface area (Å²) in [6.07, 6.45) is 1.99. The molecular formula is C137H150N4. The first-order chi connectivity index (χ1) is 66.8. The van der Waals surface area contributed by atoms with Crippen molar-refractivity contribution in [2.45, 2.75) is 269 Å². The number of benzene rings is 16. The average molecular weight is 1850 g/mol. The van der Waals surface area contributed by atoms with E-state index in [0.29, 0.717) is 5.92 Å². The lowest BCUT2D eigenvalue weighted by Crippen LogP contribution is -2.39. The summed E-state index contributed by atoms with van der Waals surface area (Å²) in [5, 5.41) is 0. The maximum atomic E-state index is 2.60. The molecule has 16 aromatic carbocycles. The Kier molecular flexibility index (Phi) is 26.7. The summed E-state index contributed by atoms with van der Waals surface area (Å²) in [5.74, 6) is 0.393. The number of hydrogen-bond donors (Lipinski definition) is 0. The van der Waals surface area contributed by atoms with Gasteiger partial charge in [0.2, 0.25) is 0 Å². The van der Waals surface area contributed by atoms with Gasteiger partial charge in [-0.3, -0.25) is 0 Å². The van der Waals surface area contributed by atoms with Gasteiger partial charge in [0, 0.05) is 89.3 Å². The molecular weight excluding hydrogens is 1700 g/mol. The first-order valence-electron chi connectivity index (χ1n) is 51.7. The van der Waals surface area contributed by atoms with E-state index >= 15 is 0 Å². The fourth-order valence-electron chi connectivity index (χ4n) is 23.9. The molecule has 4 heteroatoms. The van der Waals surface area contributed by atoms with Gasteiger partial charge in [-0.05, 0) is 349 Å². The van der Waals surface area contributed by atoms with Crippen molar-refractivity contribution in [1.82, 2.24) is 0 Å². The minimum Gasteiger partial charge on any atom is -0.336 e. The summed E-state index contributed by atoms with van der Waals surface area (Å²) in [6.45, 7) is 67.7. The van der Waals surface area contributed by atoms with E-state index in [4.69, 9.17) is 0 Å². The van der Waals surface area contributed by atoms with Crippen LogP contribution in [0.25, 0.3) is 89.0 Å². The lowest BCUT2D eigenvalue weighted by molar-refractivity contribution is 0.543. The molecule has 4 nitrogen and oxygen atoms in total. The smallest absolute Gasteiger partial charge is 0.0460 e. The highest BCUT2D eigenvalue weighted by Crippen LogP contribution is 2.61. The van der Waals surface area contributed by atoms with E-state index in [1.165, 1.54) is 212 Å². The summed E-state index contributed by atoms with van der Waals surface area (Å²) in [5.41, 5.74) is 51.0. The Balaban J connectivity index is 0.000000130. The van der Waals surface area contributed by atoms with Crippen LogP contribution >= 0.6 is 0 Å². The number of fused-ring (bicyclic) bond motifs is 12. The fraction of sp³-hybridized carbons (Fsp3) is 0.299. The molecule has 0 saturated heterocycles. The van der Waals surface area contributed by atoms with Crippen molar-refractivity contribution in [3.63, 3.8) is 0 Å². The van der Waals surface area contributed by atoms with Crippen LogP contribution < -0.4 is 19.6 Å². The van der Waals surface area contributed by atoms with Crippen LogP contribution in [-0.4, -0.2) is 22.2 Å². The summed E-state index contributed by atoms with van der Waals surface area (Å²) >= 11 is 0. The van der Waals surface area contributed by atoms with Crippen molar-refractivity contribution in [3.05, 3.63) is 430 Å². The van der Waals surface area contributed by atoms with Gasteiger partial charge in [0.15, 0.2) is 0 Å². The molecule has 0 aromatic heterocycles. The maximum Gasteiger partial charge on any atom is 0.0460 e. The molecule has 0 saturated carbocycles. The molecule has 0 spiro atoms. The zero-order valence-electron chi connectivity index (χ0n) is 89.8. The predicted octanol–water partition coefficient (Wildman–Crippen LogP) is 38.5. The monoisotopic (exact) mass is 1850 g/mol. The van der Waals surface area contributed by atoms with Crippen molar-refractivity contribution in [2.24, 2.45) is 0 Å². The Morgan fingerprint density at radius 1 is 0.241 bits per heavy atom. The molecule has 0 unspecified atom stereocenters. The van der Waals surface area contributed by atoms with Crippen molar-refractivity contribution in [1.29, 1.82) is 0 Å². The predicted molar refractivity (Wildman–Crippen MR) is 612 cm³/mol. The van der Waals surface area contributed by atoms with Gasteiger partial charge in [-0.15, -0.1) is 0 Å². The highest BCUT2D eigenvalue weighted by molar-refractivity contribution is 5.95. The second-order valence-electron chi connectivity index (χ2n) is 47.1. The third-order valence-corrected chi connectivity index (χ3v) is 30.4. The minimum absolute atomic E-state index is 0.00782. The Morgan fingerprint density at radius 2 is 0.553 bits per heavy atom. The SMILES string of the molecule is CC(C)(C)c1c(N(c2cccc(-c3ccccc3)c2)C(C)(C)C)ccc2c1-c1ccccc1C2(C)C.CC(C)c1c(N(c2cccc(-c3ccccc3)c2)C(C)(C)C)ccc2c1-c1ccccc1C2(C)C.CCc1ccc(-c2ccccc2)cc1N(c1ccc2c(c1CC)-c1ccccc1C2(C)C)C(C)(C)C.Cc1ccc(-c2ccccc2)cc1N(c1ccc2c(c1C)-c1ccccc1C2(C)C)C(C)(C)C. The van der Waals surface area contributed by atoms with E-state index in [1.54, 1.807) is 0 Å². The minimum atomic E-state index is -0.114. The van der Waals surface area contributed by atoms with Crippen LogP contribution in [0, 0.1) is 13.8 Å². The molecule has 0 amide bonds. The van der Waals surface area contributed by atoms with Crippen LogP contribution in [0.3, 0.4) is 0 Å². The second kappa shape index (κ2) is 38.0. The van der Waals surface area contributed by atoms with Crippen molar-refractivity contribution < 1.29 is 0 Å². The van der Waals surface area contributed by atoms with Gasteiger partial charge in [-0.1, -0.05) is 395 Å². The van der Waals surface area contributed by atoms with Gasteiger partial charge in [0.05, 0.1) is 0 Å². The number of nitrogens with zero attached hydrogens (tertiary/aromatic N) is 4. The second-order valence-corrected chi connectivity index (χ2v) is 47.1. The molecule has 0 radical (unpaired) electrons. The highest BCUT2D eigenvalue weighted by Gasteiger charge is 2.46. The Morgan fingerprint density at radius 3 is 0.950 bits per heavy atom. The normalized spacial score (nSPS) is 14.1. The molecule has 0 atom stereocenters. The quantitative estimate of drug-likeness (QED) is 0.101. The van der Waals surface area contributed by atoms with E-state index in [0.717, 1.165) is 12.8 Å². The zero-order chi connectivity index (χ0) is 101. The molecule has 0 N–H and O–H groups in total. The molecule has 0 aliphatic heterocycles. The van der Waals surface area contributed by atoms with Crippen LogP contribution in [0.1, 0.15) is 271 Å². The van der Waals surface area contributed by atoms with Gasteiger partial charge in [0.1, 0.15) is 0 Å². The van der Waals surface area contributed by atoms with Crippen LogP contribution in [0.2, 0.25) is 0 Å². The lowest BCUT2D eigenvalue weighted by atomic mass is 9.77. The number of aryl methyl sites for hydroxylation is 2.